The summed E-state index contributed by atoms with van der Waals surface area (Å²) in [6.07, 6.45) is 5.90. The molecule has 24 heavy (non-hydrogen) atoms. The van der Waals surface area contributed by atoms with Crippen molar-refractivity contribution in [2.75, 3.05) is 33.4 Å². The van der Waals surface area contributed by atoms with Crippen molar-refractivity contribution in [3.63, 3.8) is 0 Å². The second kappa shape index (κ2) is 13.2. The molecule has 0 aliphatic heterocycles. The Balaban J connectivity index is 0.00000529. The average Bonchev–Trinajstić information content (AvgIpc) is 2.56. The van der Waals surface area contributed by atoms with E-state index in [4.69, 9.17) is 9.47 Å². The third kappa shape index (κ3) is 6.33. The van der Waals surface area contributed by atoms with Gasteiger partial charge in [0.25, 0.3) is 0 Å². The first-order valence-corrected chi connectivity index (χ1v) is 9.34. The fourth-order valence-electron chi connectivity index (χ4n) is 3.62. The average molecular weight is 455 g/mol. The summed E-state index contributed by atoms with van der Waals surface area (Å²) in [5.41, 5.74) is 0.239. The molecular formula is C18H38IN3O2. The van der Waals surface area contributed by atoms with E-state index in [1.54, 1.807) is 0 Å². The van der Waals surface area contributed by atoms with Gasteiger partial charge in [-0.25, -0.2) is 0 Å². The molecule has 0 radical (unpaired) electrons. The molecule has 1 aliphatic carbocycles. The van der Waals surface area contributed by atoms with Gasteiger partial charge in [-0.1, -0.05) is 13.8 Å². The maximum absolute atomic E-state index is 5.94. The van der Waals surface area contributed by atoms with Gasteiger partial charge in [-0.3, -0.25) is 4.99 Å². The molecule has 1 aliphatic rings. The second-order valence-electron chi connectivity index (χ2n) is 6.22. The van der Waals surface area contributed by atoms with E-state index < -0.39 is 0 Å². The molecule has 6 heteroatoms. The molecule has 0 amide bonds. The van der Waals surface area contributed by atoms with Gasteiger partial charge in [-0.05, 0) is 46.0 Å². The van der Waals surface area contributed by atoms with Crippen LogP contribution in [0.4, 0.5) is 0 Å². The Bertz CT molecular complexity index is 349. The predicted octanol–water partition coefficient (Wildman–Crippen LogP) is 3.57. The topological polar surface area (TPSA) is 54.9 Å². The Morgan fingerprint density at radius 1 is 1.12 bits per heavy atom. The predicted molar refractivity (Wildman–Crippen MR) is 112 cm³/mol. The third-order valence-electron chi connectivity index (χ3n) is 5.22. The zero-order chi connectivity index (χ0) is 17.1. The van der Waals surface area contributed by atoms with Gasteiger partial charge in [0.15, 0.2) is 5.96 Å². The molecule has 5 nitrogen and oxygen atoms in total. The molecule has 0 aromatic heterocycles. The van der Waals surface area contributed by atoms with Gasteiger partial charge in [-0.15, -0.1) is 24.0 Å². The van der Waals surface area contributed by atoms with Gasteiger partial charge in [-0.2, -0.15) is 0 Å². The normalized spacial score (nSPS) is 22.5. The Labute approximate surface area is 165 Å². The van der Waals surface area contributed by atoms with Crippen LogP contribution in [0.25, 0.3) is 0 Å². The molecular weight excluding hydrogens is 417 g/mol. The van der Waals surface area contributed by atoms with Crippen molar-refractivity contribution in [3.8, 4) is 0 Å². The minimum Gasteiger partial charge on any atom is -0.382 e. The molecule has 2 unspecified atom stereocenters. The van der Waals surface area contributed by atoms with Crippen LogP contribution >= 0.6 is 24.0 Å². The molecule has 1 fully saturated rings. The van der Waals surface area contributed by atoms with E-state index in [-0.39, 0.29) is 29.4 Å². The number of guanidine groups is 1. The van der Waals surface area contributed by atoms with Crippen LogP contribution in [0.3, 0.4) is 0 Å². The van der Waals surface area contributed by atoms with E-state index in [1.807, 2.05) is 14.0 Å². The van der Waals surface area contributed by atoms with Gasteiger partial charge in [0.1, 0.15) is 0 Å². The van der Waals surface area contributed by atoms with Crippen LogP contribution in [-0.2, 0) is 9.47 Å². The minimum atomic E-state index is 0. The van der Waals surface area contributed by atoms with Crippen LogP contribution in [0.5, 0.6) is 0 Å². The van der Waals surface area contributed by atoms with Crippen molar-refractivity contribution in [1.82, 2.24) is 10.6 Å². The first kappa shape index (κ1) is 23.9. The molecule has 2 atom stereocenters. The van der Waals surface area contributed by atoms with Crippen molar-refractivity contribution in [2.24, 2.45) is 10.4 Å². The summed E-state index contributed by atoms with van der Waals surface area (Å²) in [5.74, 6) is 0.910. The summed E-state index contributed by atoms with van der Waals surface area (Å²) in [5, 5.41) is 7.03. The molecule has 144 valence electrons. The lowest BCUT2D eigenvalue weighted by Crippen LogP contribution is -2.65. The first-order chi connectivity index (χ1) is 11.2. The number of hydrogen-bond donors (Lipinski definition) is 2. The highest BCUT2D eigenvalue weighted by atomic mass is 127. The van der Waals surface area contributed by atoms with E-state index >= 15 is 0 Å². The monoisotopic (exact) mass is 455 g/mol. The Hall–Kier alpha value is -0.0800. The van der Waals surface area contributed by atoms with E-state index in [1.165, 1.54) is 0 Å². The number of nitrogens with one attached hydrogen (secondary N) is 2. The Kier molecular flexibility index (Phi) is 13.1. The van der Waals surface area contributed by atoms with E-state index in [9.17, 15) is 0 Å². The van der Waals surface area contributed by atoms with Crippen molar-refractivity contribution >= 4 is 29.9 Å². The number of halogens is 1. The maximum atomic E-state index is 5.94. The molecule has 0 aromatic carbocycles. The SMILES string of the molecule is CCOCCCCNC(=NC)NC1CC(OCC)C1(CC)CC.I. The standard InChI is InChI=1S/C18H37N3O2.HI/c1-6-18(7-2)15(14-16(18)23-9-4)21-17(19-5)20-12-10-11-13-22-8-3;/h15-16H,6-14H2,1-5H3,(H2,19,20,21);1H. The molecule has 1 saturated carbocycles. The van der Waals surface area contributed by atoms with Crippen molar-refractivity contribution in [1.29, 1.82) is 0 Å². The number of nitrogens with zero attached hydrogens (tertiary/aromatic N) is 1. The maximum Gasteiger partial charge on any atom is 0.191 e. The van der Waals surface area contributed by atoms with Crippen LogP contribution in [0.2, 0.25) is 0 Å². The smallest absolute Gasteiger partial charge is 0.191 e. The fourth-order valence-corrected chi connectivity index (χ4v) is 3.62. The van der Waals surface area contributed by atoms with Gasteiger partial charge in [0.05, 0.1) is 6.10 Å². The number of aliphatic imine (C=N–C) groups is 1. The van der Waals surface area contributed by atoms with E-state index in [2.05, 4.69) is 36.4 Å². The lowest BCUT2D eigenvalue weighted by molar-refractivity contribution is -0.133. The van der Waals surface area contributed by atoms with E-state index in [0.29, 0.717) is 12.1 Å². The highest BCUT2D eigenvalue weighted by Gasteiger charge is 2.53. The number of unbranched alkanes of at least 4 members (excludes halogenated alkanes) is 1. The van der Waals surface area contributed by atoms with Gasteiger partial charge in [0.2, 0.25) is 0 Å². The van der Waals surface area contributed by atoms with Crippen LogP contribution in [0.1, 0.15) is 59.8 Å². The summed E-state index contributed by atoms with van der Waals surface area (Å²) < 4.78 is 11.3. The quantitative estimate of drug-likeness (QED) is 0.217. The lowest BCUT2D eigenvalue weighted by Gasteiger charge is -2.55. The largest absolute Gasteiger partial charge is 0.382 e. The van der Waals surface area contributed by atoms with Crippen LogP contribution < -0.4 is 10.6 Å². The van der Waals surface area contributed by atoms with Crippen LogP contribution in [0.15, 0.2) is 4.99 Å². The molecule has 0 aromatic rings. The summed E-state index contributed by atoms with van der Waals surface area (Å²) in [4.78, 5) is 4.37. The molecule has 0 bridgehead atoms. The highest BCUT2D eigenvalue weighted by molar-refractivity contribution is 14.0. The summed E-state index contributed by atoms with van der Waals surface area (Å²) in [6, 6.07) is 0.448. The fraction of sp³-hybridized carbons (Fsp3) is 0.944. The molecule has 2 N–H and O–H groups in total. The van der Waals surface area contributed by atoms with Crippen LogP contribution in [-0.4, -0.2) is 51.5 Å². The van der Waals surface area contributed by atoms with Gasteiger partial charge in [0, 0.05) is 44.9 Å². The van der Waals surface area contributed by atoms with Crippen molar-refractivity contribution < 1.29 is 9.47 Å². The van der Waals surface area contributed by atoms with Gasteiger partial charge < -0.3 is 20.1 Å². The second-order valence-corrected chi connectivity index (χ2v) is 6.22. The Morgan fingerprint density at radius 2 is 1.83 bits per heavy atom. The van der Waals surface area contributed by atoms with Crippen molar-refractivity contribution in [3.05, 3.63) is 0 Å². The number of ether oxygens (including phenoxy) is 2. The zero-order valence-corrected chi connectivity index (χ0v) is 18.5. The summed E-state index contributed by atoms with van der Waals surface area (Å²) >= 11 is 0. The Morgan fingerprint density at radius 3 is 2.38 bits per heavy atom. The van der Waals surface area contributed by atoms with Crippen molar-refractivity contribution in [2.45, 2.75) is 71.9 Å². The number of hydrogen-bond acceptors (Lipinski definition) is 3. The zero-order valence-electron chi connectivity index (χ0n) is 16.2. The molecule has 0 spiro atoms. The minimum absolute atomic E-state index is 0. The molecule has 1 rings (SSSR count). The third-order valence-corrected chi connectivity index (χ3v) is 5.22. The van der Waals surface area contributed by atoms with Crippen LogP contribution in [0, 0.1) is 5.41 Å². The summed E-state index contributed by atoms with van der Waals surface area (Å²) in [6.45, 7) is 12.0. The molecule has 0 saturated heterocycles. The number of rotatable bonds is 11. The van der Waals surface area contributed by atoms with E-state index in [0.717, 1.165) is 64.4 Å². The summed E-state index contributed by atoms with van der Waals surface area (Å²) in [7, 11) is 1.84. The molecule has 0 heterocycles. The van der Waals surface area contributed by atoms with Gasteiger partial charge >= 0.3 is 0 Å². The highest BCUT2D eigenvalue weighted by Crippen LogP contribution is 2.48. The first-order valence-electron chi connectivity index (χ1n) is 9.34. The lowest BCUT2D eigenvalue weighted by atomic mass is 9.58.